The quantitative estimate of drug-likeness (QED) is 0.214. The molecule has 0 amide bonds. The van der Waals surface area contributed by atoms with Gasteiger partial charge in [-0.25, -0.2) is 0 Å². The minimum Gasteiger partial charge on any atom is -0.308 e. The summed E-state index contributed by atoms with van der Waals surface area (Å²) in [6, 6.07) is 37.5. The highest BCUT2D eigenvalue weighted by Gasteiger charge is 2.22. The van der Waals surface area contributed by atoms with E-state index in [9.17, 15) is 5.26 Å². The molecule has 4 heteroatoms. The van der Waals surface area contributed by atoms with Crippen LogP contribution in [0.25, 0.3) is 66.1 Å². The van der Waals surface area contributed by atoms with Crippen LogP contribution in [-0.2, 0) is 0 Å². The second kappa shape index (κ2) is 9.69. The van der Waals surface area contributed by atoms with Crippen LogP contribution in [0.15, 0.2) is 109 Å². The molecule has 3 aromatic heterocycles. The summed E-state index contributed by atoms with van der Waals surface area (Å²) in [6.07, 6.45) is 3.65. The number of hydrogen-bond donors (Lipinski definition) is 0. The maximum Gasteiger partial charge on any atom is 0.104 e. The van der Waals surface area contributed by atoms with Crippen molar-refractivity contribution in [3.8, 4) is 28.6 Å². The minimum absolute atomic E-state index is 0.631. The predicted molar refractivity (Wildman–Crippen MR) is 182 cm³/mol. The van der Waals surface area contributed by atoms with E-state index >= 15 is 0 Å². The van der Waals surface area contributed by atoms with Crippen molar-refractivity contribution in [3.63, 3.8) is 0 Å². The summed E-state index contributed by atoms with van der Waals surface area (Å²) >= 11 is 0. The van der Waals surface area contributed by atoms with Gasteiger partial charge in [0.05, 0.1) is 33.4 Å². The SMILES string of the molecule is Cc1ccc2c3ccc(C)cc3n(-c3cc(-c4ccncc4)cc(-n4c5cc(C)ccc5c5ccc(C)cc54)c3C#N)c2c1. The Morgan fingerprint density at radius 1 is 0.477 bits per heavy atom. The maximum absolute atomic E-state index is 11.1. The van der Waals surface area contributed by atoms with E-state index in [-0.39, 0.29) is 0 Å². The van der Waals surface area contributed by atoms with E-state index in [1.165, 1.54) is 43.8 Å². The van der Waals surface area contributed by atoms with E-state index in [0.717, 1.165) is 44.6 Å². The van der Waals surface area contributed by atoms with Crippen molar-refractivity contribution in [2.24, 2.45) is 0 Å². The van der Waals surface area contributed by atoms with Crippen molar-refractivity contribution < 1.29 is 0 Å². The van der Waals surface area contributed by atoms with Crippen molar-refractivity contribution in [3.05, 3.63) is 137 Å². The first kappa shape index (κ1) is 26.0. The summed E-state index contributed by atoms with van der Waals surface area (Å²) in [5.41, 5.74) is 13.5. The molecule has 0 N–H and O–H groups in total. The summed E-state index contributed by atoms with van der Waals surface area (Å²) in [4.78, 5) is 4.29. The van der Waals surface area contributed by atoms with Gasteiger partial charge in [-0.15, -0.1) is 0 Å². The number of rotatable bonds is 3. The average molecular weight is 567 g/mol. The molecule has 0 radical (unpaired) electrons. The molecule has 3 heterocycles. The number of aromatic nitrogens is 3. The lowest BCUT2D eigenvalue weighted by Crippen LogP contribution is -2.05. The third-order valence-corrected chi connectivity index (χ3v) is 8.86. The van der Waals surface area contributed by atoms with Gasteiger partial charge in [0.15, 0.2) is 0 Å². The van der Waals surface area contributed by atoms with Gasteiger partial charge in [0.1, 0.15) is 11.6 Å². The molecule has 4 nitrogen and oxygen atoms in total. The standard InChI is InChI=1S/C40H30N4/c1-24-5-9-30-31-10-6-25(2)18-36(31)43(35(30)17-24)39-21-29(28-13-15-42-16-14-28)22-40(34(39)23-41)44-37-19-26(3)7-11-32(37)33-12-8-27(4)20-38(33)44/h5-22H,1-4H3. The Hall–Kier alpha value is -5.66. The van der Waals surface area contributed by atoms with Gasteiger partial charge in [-0.1, -0.05) is 48.5 Å². The van der Waals surface area contributed by atoms with E-state index in [1.807, 2.05) is 24.5 Å². The first-order valence-corrected chi connectivity index (χ1v) is 14.9. The van der Waals surface area contributed by atoms with E-state index in [2.05, 4.69) is 133 Å². The summed E-state index contributed by atoms with van der Waals surface area (Å²) < 4.78 is 4.59. The Bertz CT molecular complexity index is 2220. The fourth-order valence-corrected chi connectivity index (χ4v) is 6.79. The van der Waals surface area contributed by atoms with Gasteiger partial charge in [0.25, 0.3) is 0 Å². The number of nitriles is 1. The van der Waals surface area contributed by atoms with Gasteiger partial charge in [-0.05, 0) is 110 Å². The van der Waals surface area contributed by atoms with Gasteiger partial charge in [0, 0.05) is 33.9 Å². The highest BCUT2D eigenvalue weighted by atomic mass is 15.0. The van der Waals surface area contributed by atoms with Gasteiger partial charge >= 0.3 is 0 Å². The molecule has 5 aromatic carbocycles. The molecule has 44 heavy (non-hydrogen) atoms. The topological polar surface area (TPSA) is 46.5 Å². The Balaban J connectivity index is 1.59. The Labute approximate surface area is 256 Å². The molecule has 0 aliphatic rings. The van der Waals surface area contributed by atoms with Crippen molar-refractivity contribution in [1.82, 2.24) is 14.1 Å². The Kier molecular flexibility index (Phi) is 5.73. The molecule has 0 aliphatic heterocycles. The lowest BCUT2D eigenvalue weighted by Gasteiger charge is -2.18. The molecule has 210 valence electrons. The lowest BCUT2D eigenvalue weighted by atomic mass is 10.0. The first-order valence-electron chi connectivity index (χ1n) is 14.9. The number of benzene rings is 5. The molecule has 8 rings (SSSR count). The maximum atomic E-state index is 11.1. The fourth-order valence-electron chi connectivity index (χ4n) is 6.79. The van der Waals surface area contributed by atoms with Crippen molar-refractivity contribution in [2.45, 2.75) is 27.7 Å². The highest BCUT2D eigenvalue weighted by molar-refractivity contribution is 6.11. The molecule has 0 aliphatic carbocycles. The molecule has 0 saturated heterocycles. The summed E-state index contributed by atoms with van der Waals surface area (Å²) in [5, 5.41) is 15.8. The number of pyridine rings is 1. The molecular weight excluding hydrogens is 536 g/mol. The monoisotopic (exact) mass is 566 g/mol. The van der Waals surface area contributed by atoms with Gasteiger partial charge in [-0.2, -0.15) is 5.26 Å². The van der Waals surface area contributed by atoms with Crippen LogP contribution < -0.4 is 0 Å². The van der Waals surface area contributed by atoms with Gasteiger partial charge in [-0.3, -0.25) is 4.98 Å². The number of fused-ring (bicyclic) bond motifs is 6. The van der Waals surface area contributed by atoms with Crippen LogP contribution in [0.3, 0.4) is 0 Å². The molecule has 0 fully saturated rings. The first-order chi connectivity index (χ1) is 21.4. The van der Waals surface area contributed by atoms with E-state index in [4.69, 9.17) is 0 Å². The van der Waals surface area contributed by atoms with Crippen LogP contribution in [0.1, 0.15) is 27.8 Å². The second-order valence-corrected chi connectivity index (χ2v) is 12.0. The van der Waals surface area contributed by atoms with Crippen LogP contribution in [0, 0.1) is 39.0 Å². The third kappa shape index (κ3) is 3.87. The van der Waals surface area contributed by atoms with Crippen molar-refractivity contribution >= 4 is 43.6 Å². The molecule has 0 saturated carbocycles. The Morgan fingerprint density at radius 3 is 1.18 bits per heavy atom. The van der Waals surface area contributed by atoms with Crippen LogP contribution in [-0.4, -0.2) is 14.1 Å². The molecule has 0 atom stereocenters. The molecule has 0 unspecified atom stereocenters. The summed E-state index contributed by atoms with van der Waals surface area (Å²) in [7, 11) is 0. The normalized spacial score (nSPS) is 11.6. The average Bonchev–Trinajstić information content (AvgIpc) is 3.51. The van der Waals surface area contributed by atoms with Crippen molar-refractivity contribution in [1.29, 1.82) is 5.26 Å². The van der Waals surface area contributed by atoms with Crippen LogP contribution >= 0.6 is 0 Å². The minimum atomic E-state index is 0.631. The van der Waals surface area contributed by atoms with E-state index < -0.39 is 0 Å². The van der Waals surface area contributed by atoms with E-state index in [0.29, 0.717) is 5.56 Å². The van der Waals surface area contributed by atoms with Crippen molar-refractivity contribution in [2.75, 3.05) is 0 Å². The largest absolute Gasteiger partial charge is 0.308 e. The molecule has 0 bridgehead atoms. The smallest absolute Gasteiger partial charge is 0.104 e. The zero-order valence-corrected chi connectivity index (χ0v) is 25.2. The molecular formula is C40H30N4. The molecule has 0 spiro atoms. The second-order valence-electron chi connectivity index (χ2n) is 12.0. The summed E-state index contributed by atoms with van der Waals surface area (Å²) in [6.45, 7) is 8.50. The van der Waals surface area contributed by atoms with Crippen LogP contribution in [0.2, 0.25) is 0 Å². The van der Waals surface area contributed by atoms with Crippen LogP contribution in [0.4, 0.5) is 0 Å². The summed E-state index contributed by atoms with van der Waals surface area (Å²) in [5.74, 6) is 0. The number of hydrogen-bond acceptors (Lipinski definition) is 2. The van der Waals surface area contributed by atoms with Crippen LogP contribution in [0.5, 0.6) is 0 Å². The number of aryl methyl sites for hydroxylation is 4. The zero-order chi connectivity index (χ0) is 30.1. The number of nitrogens with zero attached hydrogens (tertiary/aromatic N) is 4. The van der Waals surface area contributed by atoms with Gasteiger partial charge in [0.2, 0.25) is 0 Å². The molecule has 8 aromatic rings. The fraction of sp³-hybridized carbons (Fsp3) is 0.100. The predicted octanol–water partition coefficient (Wildman–Crippen LogP) is 10.0. The zero-order valence-electron chi connectivity index (χ0n) is 25.2. The lowest BCUT2D eigenvalue weighted by molar-refractivity contribution is 1.11. The Morgan fingerprint density at radius 2 is 0.841 bits per heavy atom. The van der Waals surface area contributed by atoms with Gasteiger partial charge < -0.3 is 9.13 Å². The third-order valence-electron chi connectivity index (χ3n) is 8.86. The highest BCUT2D eigenvalue weighted by Crippen LogP contribution is 2.40. The van der Waals surface area contributed by atoms with E-state index in [1.54, 1.807) is 0 Å².